The van der Waals surface area contributed by atoms with Gasteiger partial charge in [0.15, 0.2) is 0 Å². The summed E-state index contributed by atoms with van der Waals surface area (Å²) in [4.78, 5) is 11.6. The minimum absolute atomic E-state index is 0.0409. The first-order valence-electron chi connectivity index (χ1n) is 4.83. The fourth-order valence-corrected chi connectivity index (χ4v) is 0.982. The molecule has 0 spiro atoms. The molecule has 1 N–H and O–H groups in total. The fraction of sp³-hybridized carbons (Fsp3) is 0.636. The van der Waals surface area contributed by atoms with Crippen molar-refractivity contribution in [3.8, 4) is 6.07 Å². The fourth-order valence-electron chi connectivity index (χ4n) is 0.982. The average molecular weight is 194 g/mol. The third kappa shape index (κ3) is 3.21. The Bertz CT molecular complexity index is 255. The van der Waals surface area contributed by atoms with Crippen LogP contribution in [0.2, 0.25) is 0 Å². The van der Waals surface area contributed by atoms with Crippen molar-refractivity contribution in [3.63, 3.8) is 0 Å². The molecule has 78 valence electrons. The quantitative estimate of drug-likeness (QED) is 0.680. The van der Waals surface area contributed by atoms with Crippen LogP contribution in [-0.4, -0.2) is 11.9 Å². The Morgan fingerprint density at radius 2 is 2.36 bits per heavy atom. The van der Waals surface area contributed by atoms with E-state index >= 15 is 0 Å². The van der Waals surface area contributed by atoms with E-state index < -0.39 is 5.41 Å². The highest BCUT2D eigenvalue weighted by atomic mass is 16.2. The van der Waals surface area contributed by atoms with E-state index in [1.807, 2.05) is 19.9 Å². The number of hydrogen-bond donors (Lipinski definition) is 1. The summed E-state index contributed by atoms with van der Waals surface area (Å²) < 4.78 is 0. The van der Waals surface area contributed by atoms with Gasteiger partial charge in [0, 0.05) is 6.04 Å². The van der Waals surface area contributed by atoms with Crippen LogP contribution in [0.15, 0.2) is 12.7 Å². The minimum atomic E-state index is -0.907. The van der Waals surface area contributed by atoms with Gasteiger partial charge in [0.2, 0.25) is 5.91 Å². The molecule has 0 aromatic rings. The largest absolute Gasteiger partial charge is 0.352 e. The molecule has 14 heavy (non-hydrogen) atoms. The first-order chi connectivity index (χ1) is 6.50. The molecular weight excluding hydrogens is 176 g/mol. The molecule has 0 aliphatic rings. The zero-order valence-electron chi connectivity index (χ0n) is 9.13. The Labute approximate surface area is 85.8 Å². The number of carbonyl (C=O) groups is 1. The van der Waals surface area contributed by atoms with Crippen LogP contribution in [0, 0.1) is 16.7 Å². The number of carbonyl (C=O) groups excluding carboxylic acids is 1. The summed E-state index contributed by atoms with van der Waals surface area (Å²) >= 11 is 0. The van der Waals surface area contributed by atoms with Gasteiger partial charge >= 0.3 is 0 Å². The number of hydrogen-bond acceptors (Lipinski definition) is 2. The molecule has 0 heterocycles. The van der Waals surface area contributed by atoms with Gasteiger partial charge in [-0.2, -0.15) is 5.26 Å². The lowest BCUT2D eigenvalue weighted by atomic mass is 9.88. The topological polar surface area (TPSA) is 52.9 Å². The number of rotatable bonds is 5. The second kappa shape index (κ2) is 5.43. The molecule has 0 aliphatic heterocycles. The maximum Gasteiger partial charge on any atom is 0.240 e. The Hall–Kier alpha value is -1.30. The molecule has 0 saturated heterocycles. The summed E-state index contributed by atoms with van der Waals surface area (Å²) in [5, 5.41) is 11.7. The van der Waals surface area contributed by atoms with E-state index in [1.54, 1.807) is 13.0 Å². The molecule has 0 aromatic carbocycles. The van der Waals surface area contributed by atoms with E-state index in [9.17, 15) is 4.79 Å². The SMILES string of the molecule is C=CCC(C)NC(=O)C(C)(C#N)CC. The monoisotopic (exact) mass is 194 g/mol. The molecule has 0 radical (unpaired) electrons. The van der Waals surface area contributed by atoms with Crippen LogP contribution >= 0.6 is 0 Å². The van der Waals surface area contributed by atoms with Gasteiger partial charge in [0.05, 0.1) is 6.07 Å². The first kappa shape index (κ1) is 12.7. The van der Waals surface area contributed by atoms with E-state index in [-0.39, 0.29) is 11.9 Å². The minimum Gasteiger partial charge on any atom is -0.352 e. The Balaban J connectivity index is 4.34. The van der Waals surface area contributed by atoms with Crippen LogP contribution in [0.5, 0.6) is 0 Å². The van der Waals surface area contributed by atoms with E-state index in [1.165, 1.54) is 0 Å². The molecule has 0 aliphatic carbocycles. The van der Waals surface area contributed by atoms with E-state index in [4.69, 9.17) is 5.26 Å². The third-order valence-corrected chi connectivity index (χ3v) is 2.35. The van der Waals surface area contributed by atoms with E-state index in [2.05, 4.69) is 11.9 Å². The molecule has 0 saturated carbocycles. The predicted molar refractivity (Wildman–Crippen MR) is 56.4 cm³/mol. The molecule has 2 unspecified atom stereocenters. The Morgan fingerprint density at radius 1 is 1.79 bits per heavy atom. The third-order valence-electron chi connectivity index (χ3n) is 2.35. The van der Waals surface area contributed by atoms with Crippen LogP contribution in [0.4, 0.5) is 0 Å². The maximum absolute atomic E-state index is 11.6. The van der Waals surface area contributed by atoms with Gasteiger partial charge in [-0.05, 0) is 26.7 Å². The van der Waals surface area contributed by atoms with Crippen molar-refractivity contribution in [2.75, 3.05) is 0 Å². The number of nitrogens with zero attached hydrogens (tertiary/aromatic N) is 1. The van der Waals surface area contributed by atoms with Crippen LogP contribution < -0.4 is 5.32 Å². The first-order valence-corrected chi connectivity index (χ1v) is 4.83. The molecule has 1 amide bonds. The van der Waals surface area contributed by atoms with Gasteiger partial charge in [0.25, 0.3) is 0 Å². The van der Waals surface area contributed by atoms with Crippen LogP contribution in [0.25, 0.3) is 0 Å². The summed E-state index contributed by atoms with van der Waals surface area (Å²) in [6.07, 6.45) is 2.99. The highest BCUT2D eigenvalue weighted by molar-refractivity contribution is 5.85. The van der Waals surface area contributed by atoms with Crippen molar-refractivity contribution in [2.45, 2.75) is 39.7 Å². The lowest BCUT2D eigenvalue weighted by molar-refractivity contribution is -0.128. The van der Waals surface area contributed by atoms with Crippen molar-refractivity contribution in [1.82, 2.24) is 5.32 Å². The van der Waals surface area contributed by atoms with Gasteiger partial charge in [-0.25, -0.2) is 0 Å². The molecular formula is C11H18N2O. The summed E-state index contributed by atoms with van der Waals surface area (Å²) in [5.41, 5.74) is -0.907. The summed E-state index contributed by atoms with van der Waals surface area (Å²) in [7, 11) is 0. The second-order valence-corrected chi connectivity index (χ2v) is 3.70. The molecule has 2 atom stereocenters. The second-order valence-electron chi connectivity index (χ2n) is 3.70. The van der Waals surface area contributed by atoms with Crippen LogP contribution in [0.3, 0.4) is 0 Å². The molecule has 0 fully saturated rings. The maximum atomic E-state index is 11.6. The highest BCUT2D eigenvalue weighted by Crippen LogP contribution is 2.19. The van der Waals surface area contributed by atoms with Crippen molar-refractivity contribution in [1.29, 1.82) is 5.26 Å². The van der Waals surface area contributed by atoms with Crippen molar-refractivity contribution < 1.29 is 4.79 Å². The molecule has 3 nitrogen and oxygen atoms in total. The average Bonchev–Trinajstić information content (AvgIpc) is 2.16. The number of nitrogens with one attached hydrogen (secondary N) is 1. The summed E-state index contributed by atoms with van der Waals surface area (Å²) in [5.74, 6) is -0.197. The number of amides is 1. The zero-order valence-corrected chi connectivity index (χ0v) is 9.13. The Kier molecular flexibility index (Phi) is 4.93. The van der Waals surface area contributed by atoms with Crippen LogP contribution in [0.1, 0.15) is 33.6 Å². The van der Waals surface area contributed by atoms with Crippen molar-refractivity contribution >= 4 is 5.91 Å². The lowest BCUT2D eigenvalue weighted by Gasteiger charge is -2.21. The molecule has 0 aromatic heterocycles. The van der Waals surface area contributed by atoms with Crippen molar-refractivity contribution in [3.05, 3.63) is 12.7 Å². The lowest BCUT2D eigenvalue weighted by Crippen LogP contribution is -2.42. The van der Waals surface area contributed by atoms with Crippen molar-refractivity contribution in [2.24, 2.45) is 5.41 Å². The van der Waals surface area contributed by atoms with E-state index in [0.717, 1.165) is 6.42 Å². The van der Waals surface area contributed by atoms with Gasteiger partial charge in [-0.3, -0.25) is 4.79 Å². The normalized spacial score (nSPS) is 16.1. The standard InChI is InChI=1S/C11H18N2O/c1-5-7-9(3)13-10(14)11(4,6-2)8-12/h5,9H,1,6-7H2,2-4H3,(H,13,14). The highest BCUT2D eigenvalue weighted by Gasteiger charge is 2.31. The summed E-state index contributed by atoms with van der Waals surface area (Å²) in [6.45, 7) is 8.98. The van der Waals surface area contributed by atoms with Gasteiger partial charge in [-0.1, -0.05) is 13.0 Å². The van der Waals surface area contributed by atoms with Crippen LogP contribution in [-0.2, 0) is 4.79 Å². The van der Waals surface area contributed by atoms with E-state index in [0.29, 0.717) is 6.42 Å². The van der Waals surface area contributed by atoms with Gasteiger partial charge < -0.3 is 5.32 Å². The predicted octanol–water partition coefficient (Wildman–Crippen LogP) is 2.01. The summed E-state index contributed by atoms with van der Waals surface area (Å²) in [6, 6.07) is 2.08. The zero-order chi connectivity index (χ0) is 11.2. The smallest absolute Gasteiger partial charge is 0.240 e. The molecule has 0 rings (SSSR count). The van der Waals surface area contributed by atoms with Gasteiger partial charge in [-0.15, -0.1) is 6.58 Å². The molecule has 0 bridgehead atoms. The number of nitriles is 1. The van der Waals surface area contributed by atoms with Gasteiger partial charge in [0.1, 0.15) is 5.41 Å². The Morgan fingerprint density at radius 3 is 2.71 bits per heavy atom. The molecule has 3 heteroatoms.